The van der Waals surface area contributed by atoms with Crippen molar-refractivity contribution >= 4 is 33.3 Å². The number of ether oxygens (including phenoxy) is 1. The Morgan fingerprint density at radius 2 is 1.93 bits per heavy atom. The average molecular weight is 429 g/mol. The van der Waals surface area contributed by atoms with Crippen molar-refractivity contribution in [1.29, 1.82) is 0 Å². The van der Waals surface area contributed by atoms with E-state index in [9.17, 15) is 4.79 Å². The molecule has 0 unspecified atom stereocenters. The number of nitrogens with zero attached hydrogens (tertiary/aromatic N) is 2. The van der Waals surface area contributed by atoms with Gasteiger partial charge >= 0.3 is 0 Å². The molecule has 0 radical (unpaired) electrons. The predicted molar refractivity (Wildman–Crippen MR) is 123 cm³/mol. The fourth-order valence-electron chi connectivity index (χ4n) is 3.93. The molecule has 6 heteroatoms. The molecule has 0 N–H and O–H groups in total. The minimum absolute atomic E-state index is 0.0793. The van der Waals surface area contributed by atoms with Gasteiger partial charge in [0.1, 0.15) is 10.6 Å². The lowest BCUT2D eigenvalue weighted by Gasteiger charge is -2.14. The smallest absolute Gasteiger partial charge is 0.267 e. The van der Waals surface area contributed by atoms with Gasteiger partial charge < -0.3 is 4.74 Å². The summed E-state index contributed by atoms with van der Waals surface area (Å²) in [6, 6.07) is 7.72. The van der Waals surface area contributed by atoms with Crippen LogP contribution in [0.1, 0.15) is 55.9 Å². The molecule has 0 aliphatic heterocycles. The van der Waals surface area contributed by atoms with Crippen LogP contribution in [-0.4, -0.2) is 22.4 Å². The Kier molecular flexibility index (Phi) is 6.60. The van der Waals surface area contributed by atoms with Crippen LogP contribution in [0.3, 0.4) is 0 Å². The van der Waals surface area contributed by atoms with E-state index in [-0.39, 0.29) is 5.56 Å². The molecule has 3 aromatic rings. The van der Waals surface area contributed by atoms with Crippen molar-refractivity contribution in [1.82, 2.24) is 9.55 Å². The van der Waals surface area contributed by atoms with Crippen LogP contribution >= 0.6 is 23.1 Å². The molecular formula is C23H28N2O2S2. The monoisotopic (exact) mass is 428 g/mol. The number of thiophene rings is 1. The van der Waals surface area contributed by atoms with Crippen molar-refractivity contribution in [2.75, 3.05) is 12.9 Å². The molecule has 1 aromatic carbocycles. The minimum Gasteiger partial charge on any atom is -0.497 e. The summed E-state index contributed by atoms with van der Waals surface area (Å²) < 4.78 is 7.11. The highest BCUT2D eigenvalue weighted by Crippen LogP contribution is 2.35. The van der Waals surface area contributed by atoms with Gasteiger partial charge in [-0.25, -0.2) is 4.98 Å². The molecular weight excluding hydrogens is 400 g/mol. The van der Waals surface area contributed by atoms with Crippen LogP contribution in [0.15, 0.2) is 34.2 Å². The molecule has 4 rings (SSSR count). The first-order valence-electron chi connectivity index (χ1n) is 10.6. The number of unbranched alkanes of at least 4 members (excludes halogenated alkanes) is 3. The number of rotatable bonds is 8. The van der Waals surface area contributed by atoms with Crippen LogP contribution in [0, 0.1) is 0 Å². The number of hydrogen-bond acceptors (Lipinski definition) is 5. The second kappa shape index (κ2) is 9.35. The molecule has 2 aromatic heterocycles. The summed E-state index contributed by atoms with van der Waals surface area (Å²) in [7, 11) is 1.66. The Hall–Kier alpha value is -1.79. The van der Waals surface area contributed by atoms with E-state index in [1.807, 2.05) is 28.8 Å². The maximum atomic E-state index is 13.7. The summed E-state index contributed by atoms with van der Waals surface area (Å²) in [5, 5.41) is 1.65. The van der Waals surface area contributed by atoms with Crippen LogP contribution < -0.4 is 10.3 Å². The summed E-state index contributed by atoms with van der Waals surface area (Å²) in [5.74, 6) is 1.77. The summed E-state index contributed by atoms with van der Waals surface area (Å²) in [5.41, 5.74) is 2.18. The van der Waals surface area contributed by atoms with Gasteiger partial charge in [-0.05, 0) is 61.9 Å². The maximum absolute atomic E-state index is 13.7. The fraction of sp³-hybridized carbons (Fsp3) is 0.478. The first-order valence-corrected chi connectivity index (χ1v) is 12.4. The Bertz CT molecular complexity index is 1040. The average Bonchev–Trinajstić information content (AvgIpc) is 3.12. The van der Waals surface area contributed by atoms with Crippen molar-refractivity contribution in [3.05, 3.63) is 45.1 Å². The van der Waals surface area contributed by atoms with E-state index in [0.29, 0.717) is 0 Å². The number of hydrogen-bond donors (Lipinski definition) is 0. The standard InChI is InChI=1S/C23H28N2O2S2/c1-3-4-5-8-15-28-23-24-21-20(18-9-6-7-10-19(18)29-21)22(26)25(23)16-11-13-17(27-2)14-12-16/h11-14H,3-10,15H2,1-2H3. The van der Waals surface area contributed by atoms with Gasteiger partial charge in [-0.3, -0.25) is 9.36 Å². The predicted octanol–water partition coefficient (Wildman–Crippen LogP) is 6.01. The summed E-state index contributed by atoms with van der Waals surface area (Å²) in [6.07, 6.45) is 9.32. The topological polar surface area (TPSA) is 44.1 Å². The van der Waals surface area contributed by atoms with Crippen molar-refractivity contribution in [2.45, 2.75) is 63.4 Å². The normalized spacial score (nSPS) is 13.6. The summed E-state index contributed by atoms with van der Waals surface area (Å²) >= 11 is 3.43. The number of fused-ring (bicyclic) bond motifs is 3. The molecule has 0 amide bonds. The Labute approximate surface area is 180 Å². The molecule has 1 aliphatic carbocycles. The molecule has 4 nitrogen and oxygen atoms in total. The van der Waals surface area contributed by atoms with Gasteiger partial charge in [-0.2, -0.15) is 0 Å². The SMILES string of the molecule is CCCCCCSc1nc2sc3c(c2c(=O)n1-c1ccc(OC)cc1)CCCC3. The van der Waals surface area contributed by atoms with E-state index in [1.165, 1.54) is 36.1 Å². The molecule has 0 atom stereocenters. The van der Waals surface area contributed by atoms with Crippen LogP contribution in [-0.2, 0) is 12.8 Å². The molecule has 0 bridgehead atoms. The highest BCUT2D eigenvalue weighted by Gasteiger charge is 2.22. The zero-order chi connectivity index (χ0) is 20.2. The van der Waals surface area contributed by atoms with Gasteiger partial charge in [0.15, 0.2) is 5.16 Å². The quantitative estimate of drug-likeness (QED) is 0.250. The fourth-order valence-corrected chi connectivity index (χ4v) is 6.25. The van der Waals surface area contributed by atoms with Crippen molar-refractivity contribution in [3.8, 4) is 11.4 Å². The lowest BCUT2D eigenvalue weighted by atomic mass is 9.97. The largest absolute Gasteiger partial charge is 0.497 e. The first kappa shape index (κ1) is 20.5. The second-order valence-corrected chi connectivity index (χ2v) is 9.68. The number of benzene rings is 1. The lowest BCUT2D eigenvalue weighted by molar-refractivity contribution is 0.414. The van der Waals surface area contributed by atoms with Gasteiger partial charge in [-0.15, -0.1) is 11.3 Å². The third-order valence-electron chi connectivity index (χ3n) is 5.52. The lowest BCUT2D eigenvalue weighted by Crippen LogP contribution is -2.22. The Morgan fingerprint density at radius 1 is 1.14 bits per heavy atom. The van der Waals surface area contributed by atoms with Gasteiger partial charge in [-0.1, -0.05) is 37.9 Å². The van der Waals surface area contributed by atoms with Gasteiger partial charge in [0.25, 0.3) is 5.56 Å². The van der Waals surface area contributed by atoms with Crippen molar-refractivity contribution in [3.63, 3.8) is 0 Å². The highest BCUT2D eigenvalue weighted by molar-refractivity contribution is 7.99. The molecule has 29 heavy (non-hydrogen) atoms. The number of methoxy groups -OCH3 is 1. The molecule has 0 saturated carbocycles. The van der Waals surface area contributed by atoms with E-state index < -0.39 is 0 Å². The highest BCUT2D eigenvalue weighted by atomic mass is 32.2. The summed E-state index contributed by atoms with van der Waals surface area (Å²) in [6.45, 7) is 2.22. The van der Waals surface area contributed by atoms with Gasteiger partial charge in [0.05, 0.1) is 18.2 Å². The first-order chi connectivity index (χ1) is 14.2. The van der Waals surface area contributed by atoms with Crippen molar-refractivity contribution in [2.24, 2.45) is 0 Å². The molecule has 2 heterocycles. The maximum Gasteiger partial charge on any atom is 0.267 e. The van der Waals surface area contributed by atoms with E-state index in [0.717, 1.165) is 58.2 Å². The van der Waals surface area contributed by atoms with Gasteiger partial charge in [0, 0.05) is 10.6 Å². The van der Waals surface area contributed by atoms with E-state index >= 15 is 0 Å². The number of aromatic nitrogens is 2. The zero-order valence-electron chi connectivity index (χ0n) is 17.2. The second-order valence-electron chi connectivity index (χ2n) is 7.53. The van der Waals surface area contributed by atoms with E-state index in [1.54, 1.807) is 30.2 Å². The number of aryl methyl sites for hydroxylation is 2. The summed E-state index contributed by atoms with van der Waals surface area (Å²) in [4.78, 5) is 20.9. The van der Waals surface area contributed by atoms with E-state index in [4.69, 9.17) is 9.72 Å². The van der Waals surface area contributed by atoms with Crippen LogP contribution in [0.5, 0.6) is 5.75 Å². The number of thioether (sulfide) groups is 1. The third-order valence-corrected chi connectivity index (χ3v) is 7.73. The van der Waals surface area contributed by atoms with Crippen LogP contribution in [0.4, 0.5) is 0 Å². The Balaban J connectivity index is 1.78. The Morgan fingerprint density at radius 3 is 2.69 bits per heavy atom. The molecule has 0 spiro atoms. The van der Waals surface area contributed by atoms with E-state index in [2.05, 4.69) is 6.92 Å². The van der Waals surface area contributed by atoms with Crippen molar-refractivity contribution < 1.29 is 4.74 Å². The molecule has 0 fully saturated rings. The van der Waals surface area contributed by atoms with Gasteiger partial charge in [0.2, 0.25) is 0 Å². The molecule has 1 aliphatic rings. The van der Waals surface area contributed by atoms with Crippen LogP contribution in [0.2, 0.25) is 0 Å². The minimum atomic E-state index is 0.0793. The third kappa shape index (κ3) is 4.24. The zero-order valence-corrected chi connectivity index (χ0v) is 18.8. The molecule has 0 saturated heterocycles. The van der Waals surface area contributed by atoms with Crippen LogP contribution in [0.25, 0.3) is 15.9 Å². The molecule has 154 valence electrons.